The van der Waals surface area contributed by atoms with Gasteiger partial charge in [-0.25, -0.2) is 0 Å². The lowest BCUT2D eigenvalue weighted by Crippen LogP contribution is -2.29. The van der Waals surface area contributed by atoms with Crippen molar-refractivity contribution >= 4 is 17.4 Å². The van der Waals surface area contributed by atoms with Crippen molar-refractivity contribution in [2.75, 3.05) is 14.2 Å². The number of ether oxygens (including phenoxy) is 2. The molecule has 1 atom stereocenters. The van der Waals surface area contributed by atoms with Crippen LogP contribution < -0.4 is 9.47 Å². The van der Waals surface area contributed by atoms with Crippen LogP contribution in [0.1, 0.15) is 28.5 Å². The summed E-state index contributed by atoms with van der Waals surface area (Å²) in [6.07, 6.45) is 1.50. The molecule has 7 nitrogen and oxygen atoms in total. The van der Waals surface area contributed by atoms with Crippen LogP contribution >= 0.6 is 0 Å². The van der Waals surface area contributed by atoms with E-state index in [-0.39, 0.29) is 17.9 Å². The zero-order valence-corrected chi connectivity index (χ0v) is 18.0. The van der Waals surface area contributed by atoms with Gasteiger partial charge in [-0.3, -0.25) is 9.59 Å². The third kappa shape index (κ3) is 3.73. The van der Waals surface area contributed by atoms with E-state index in [1.54, 1.807) is 42.5 Å². The number of hydrogen-bond donors (Lipinski definition) is 1. The second kappa shape index (κ2) is 8.63. The van der Waals surface area contributed by atoms with Gasteiger partial charge in [0.05, 0.1) is 38.6 Å². The molecule has 1 unspecified atom stereocenters. The minimum absolute atomic E-state index is 0.0167. The zero-order chi connectivity index (χ0) is 22.8. The molecule has 164 valence electrons. The number of aliphatic hydroxyl groups is 1. The second-order valence-corrected chi connectivity index (χ2v) is 7.48. The monoisotopic (exact) mass is 433 g/mol. The number of aliphatic hydroxyl groups excluding tert-OH is 1. The van der Waals surface area contributed by atoms with Crippen molar-refractivity contribution in [1.29, 1.82) is 0 Å². The summed E-state index contributed by atoms with van der Waals surface area (Å²) in [5, 5.41) is 11.1. The Labute approximate surface area is 185 Å². The van der Waals surface area contributed by atoms with Crippen LogP contribution in [0.3, 0.4) is 0 Å². The molecule has 1 N–H and O–H groups in total. The van der Waals surface area contributed by atoms with E-state index in [2.05, 4.69) is 0 Å². The fraction of sp³-hybridized carbons (Fsp3) is 0.200. The molecule has 1 amide bonds. The lowest BCUT2D eigenvalue weighted by Gasteiger charge is -2.26. The standard InChI is InChI=1S/C25H23NO6/c1-15-6-8-16(9-7-15)23(27)21-22(19-13-17(30-2)10-11-20(19)31-3)26(25(29)24(21)28)14-18-5-4-12-32-18/h4-13,22,27H,14H2,1-3H3. The number of furan rings is 1. The summed E-state index contributed by atoms with van der Waals surface area (Å²) in [5.74, 6) is -0.264. The first kappa shape index (κ1) is 21.2. The Bertz CT molecular complexity index is 1180. The maximum absolute atomic E-state index is 13.2. The predicted octanol–water partition coefficient (Wildman–Crippen LogP) is 4.23. The molecule has 0 saturated carbocycles. The number of methoxy groups -OCH3 is 2. The first-order valence-electron chi connectivity index (χ1n) is 10.0. The lowest BCUT2D eigenvalue weighted by molar-refractivity contribution is -0.140. The van der Waals surface area contributed by atoms with Crippen LogP contribution in [0.2, 0.25) is 0 Å². The van der Waals surface area contributed by atoms with Crippen molar-refractivity contribution in [2.24, 2.45) is 0 Å². The van der Waals surface area contributed by atoms with Crippen molar-refractivity contribution in [3.8, 4) is 11.5 Å². The number of aryl methyl sites for hydroxylation is 1. The smallest absolute Gasteiger partial charge is 0.296 e. The number of benzene rings is 2. The van der Waals surface area contributed by atoms with Crippen molar-refractivity contribution in [3.63, 3.8) is 0 Å². The number of likely N-dealkylation sites (tertiary alicyclic amines) is 1. The number of nitrogens with zero attached hydrogens (tertiary/aromatic N) is 1. The summed E-state index contributed by atoms with van der Waals surface area (Å²) in [4.78, 5) is 27.6. The maximum Gasteiger partial charge on any atom is 0.296 e. The summed E-state index contributed by atoms with van der Waals surface area (Å²) < 4.78 is 16.3. The van der Waals surface area contributed by atoms with Crippen LogP contribution in [-0.4, -0.2) is 35.9 Å². The fourth-order valence-corrected chi connectivity index (χ4v) is 3.86. The second-order valence-electron chi connectivity index (χ2n) is 7.48. The quantitative estimate of drug-likeness (QED) is 0.356. The Morgan fingerprint density at radius 1 is 1.06 bits per heavy atom. The molecule has 1 aliphatic heterocycles. The summed E-state index contributed by atoms with van der Waals surface area (Å²) in [6.45, 7) is 1.97. The third-order valence-electron chi connectivity index (χ3n) is 5.50. The zero-order valence-electron chi connectivity index (χ0n) is 18.0. The Kier molecular flexibility index (Phi) is 5.73. The van der Waals surface area contributed by atoms with Gasteiger partial charge in [-0.1, -0.05) is 29.8 Å². The number of carbonyl (C=O) groups excluding carboxylic acids is 2. The number of amides is 1. The van der Waals surface area contributed by atoms with Gasteiger partial charge in [-0.2, -0.15) is 0 Å². The molecule has 1 fully saturated rings. The topological polar surface area (TPSA) is 89.2 Å². The largest absolute Gasteiger partial charge is 0.507 e. The van der Waals surface area contributed by atoms with Crippen LogP contribution in [0.4, 0.5) is 0 Å². The van der Waals surface area contributed by atoms with Gasteiger partial charge in [0, 0.05) is 11.1 Å². The van der Waals surface area contributed by atoms with Crippen molar-refractivity contribution in [2.45, 2.75) is 19.5 Å². The minimum atomic E-state index is -0.897. The number of carbonyl (C=O) groups is 2. The molecule has 3 aromatic rings. The molecule has 4 rings (SSSR count). The Morgan fingerprint density at radius 3 is 2.44 bits per heavy atom. The van der Waals surface area contributed by atoms with E-state index >= 15 is 0 Å². The summed E-state index contributed by atoms with van der Waals surface area (Å²) in [5.41, 5.74) is 1.95. The van der Waals surface area contributed by atoms with Crippen molar-refractivity contribution in [1.82, 2.24) is 4.90 Å². The first-order chi connectivity index (χ1) is 15.4. The highest BCUT2D eigenvalue weighted by molar-refractivity contribution is 6.46. The van der Waals surface area contributed by atoms with Crippen molar-refractivity contribution < 1.29 is 28.6 Å². The van der Waals surface area contributed by atoms with Gasteiger partial charge in [0.25, 0.3) is 11.7 Å². The molecular formula is C25H23NO6. The number of Topliss-reactive ketones (excluding diaryl/α,β-unsaturated/α-hetero) is 1. The lowest BCUT2D eigenvalue weighted by atomic mass is 9.94. The van der Waals surface area contributed by atoms with Crippen LogP contribution in [0.15, 0.2) is 70.9 Å². The van der Waals surface area contributed by atoms with Gasteiger partial charge in [0.1, 0.15) is 23.0 Å². The molecule has 1 aromatic heterocycles. The average Bonchev–Trinajstić information content (AvgIpc) is 3.41. The molecule has 7 heteroatoms. The van der Waals surface area contributed by atoms with E-state index in [9.17, 15) is 14.7 Å². The van der Waals surface area contributed by atoms with Crippen LogP contribution in [0.5, 0.6) is 11.5 Å². The molecule has 1 aliphatic rings. The minimum Gasteiger partial charge on any atom is -0.507 e. The van der Waals surface area contributed by atoms with E-state index in [1.165, 1.54) is 25.4 Å². The van der Waals surface area contributed by atoms with Gasteiger partial charge < -0.3 is 23.9 Å². The van der Waals surface area contributed by atoms with Crippen LogP contribution in [0.25, 0.3) is 5.76 Å². The van der Waals surface area contributed by atoms with E-state index in [0.717, 1.165) is 5.56 Å². The summed E-state index contributed by atoms with van der Waals surface area (Å²) in [6, 6.07) is 14.7. The van der Waals surface area contributed by atoms with Gasteiger partial charge in [-0.05, 0) is 37.3 Å². The first-order valence-corrected chi connectivity index (χ1v) is 10.0. The van der Waals surface area contributed by atoms with Gasteiger partial charge in [0.15, 0.2) is 0 Å². The number of ketones is 1. The molecule has 2 heterocycles. The molecule has 2 aromatic carbocycles. The van der Waals surface area contributed by atoms with E-state index in [4.69, 9.17) is 13.9 Å². The SMILES string of the molecule is COc1ccc(OC)c(C2C(=C(O)c3ccc(C)cc3)C(=O)C(=O)N2Cc2ccco2)c1. The van der Waals surface area contributed by atoms with Gasteiger partial charge in [0.2, 0.25) is 0 Å². The highest BCUT2D eigenvalue weighted by Crippen LogP contribution is 2.44. The summed E-state index contributed by atoms with van der Waals surface area (Å²) in [7, 11) is 3.03. The van der Waals surface area contributed by atoms with E-state index < -0.39 is 17.7 Å². The molecule has 0 aliphatic carbocycles. The van der Waals surface area contributed by atoms with Crippen molar-refractivity contribution in [3.05, 3.63) is 88.9 Å². The average molecular weight is 433 g/mol. The predicted molar refractivity (Wildman–Crippen MR) is 117 cm³/mol. The highest BCUT2D eigenvalue weighted by Gasteiger charge is 2.47. The normalized spacial score (nSPS) is 17.6. The molecule has 32 heavy (non-hydrogen) atoms. The Morgan fingerprint density at radius 2 is 1.81 bits per heavy atom. The fourth-order valence-electron chi connectivity index (χ4n) is 3.86. The molecule has 0 radical (unpaired) electrons. The summed E-state index contributed by atoms with van der Waals surface area (Å²) >= 11 is 0. The molecule has 1 saturated heterocycles. The molecule has 0 bridgehead atoms. The maximum atomic E-state index is 13.2. The van der Waals surface area contributed by atoms with Gasteiger partial charge >= 0.3 is 0 Å². The van der Waals surface area contributed by atoms with Gasteiger partial charge in [-0.15, -0.1) is 0 Å². The van der Waals surface area contributed by atoms with E-state index in [1.807, 2.05) is 19.1 Å². The van der Waals surface area contributed by atoms with Crippen LogP contribution in [0, 0.1) is 6.92 Å². The van der Waals surface area contributed by atoms with E-state index in [0.29, 0.717) is 28.4 Å². The van der Waals surface area contributed by atoms with Crippen LogP contribution in [-0.2, 0) is 16.1 Å². The highest BCUT2D eigenvalue weighted by atomic mass is 16.5. The third-order valence-corrected chi connectivity index (χ3v) is 5.50. The number of hydrogen-bond acceptors (Lipinski definition) is 6. The molecular weight excluding hydrogens is 410 g/mol. The molecule has 0 spiro atoms. The Balaban J connectivity index is 1.93. The Hall–Kier alpha value is -4.00. The number of rotatable bonds is 6.